The zero-order chi connectivity index (χ0) is 19.8. The van der Waals surface area contributed by atoms with Crippen molar-refractivity contribution in [1.82, 2.24) is 0 Å². The molecule has 0 bridgehead atoms. The van der Waals surface area contributed by atoms with Crippen LogP contribution in [-0.2, 0) is 18.7 Å². The van der Waals surface area contributed by atoms with Crippen LogP contribution < -0.4 is 10.4 Å². The average molecular weight is 397 g/mol. The van der Waals surface area contributed by atoms with E-state index in [0.29, 0.717) is 19.4 Å². The predicted octanol–water partition coefficient (Wildman–Crippen LogP) is 3.04. The van der Waals surface area contributed by atoms with Gasteiger partial charge in [0.15, 0.2) is 0 Å². The number of fused-ring (bicyclic) bond motifs is 1. The van der Waals surface area contributed by atoms with Gasteiger partial charge >= 0.3 is 5.97 Å². The van der Waals surface area contributed by atoms with Crippen LogP contribution >= 0.6 is 0 Å². The summed E-state index contributed by atoms with van der Waals surface area (Å²) in [7, 11) is -2.55. The summed E-state index contributed by atoms with van der Waals surface area (Å²) in [5.41, 5.74) is 0. The van der Waals surface area contributed by atoms with Crippen molar-refractivity contribution in [2.45, 2.75) is 57.0 Å². The SMILES string of the molecule is CC(C)(C)[Si](OC[C@@H]1C[C@@H]2OC(=O)C[C@@H]2O1)(c1ccccc1)c1ccccc1. The number of ether oxygens (including phenoxy) is 2. The van der Waals surface area contributed by atoms with Crippen molar-refractivity contribution >= 4 is 24.7 Å². The minimum absolute atomic E-state index is 0.0373. The van der Waals surface area contributed by atoms with E-state index in [4.69, 9.17) is 13.9 Å². The molecular weight excluding hydrogens is 368 g/mol. The first-order chi connectivity index (χ1) is 13.4. The molecule has 2 aliphatic rings. The zero-order valence-corrected chi connectivity index (χ0v) is 17.8. The molecule has 0 saturated carbocycles. The molecule has 0 aromatic heterocycles. The summed E-state index contributed by atoms with van der Waals surface area (Å²) in [5.74, 6) is -0.152. The first-order valence-corrected chi connectivity index (χ1v) is 11.9. The summed E-state index contributed by atoms with van der Waals surface area (Å²) < 4.78 is 18.4. The Morgan fingerprint density at radius 2 is 1.54 bits per heavy atom. The molecule has 148 valence electrons. The highest BCUT2D eigenvalue weighted by atomic mass is 28.4. The quantitative estimate of drug-likeness (QED) is 0.576. The third-order valence-corrected chi connectivity index (χ3v) is 10.8. The molecule has 0 aliphatic carbocycles. The van der Waals surface area contributed by atoms with E-state index in [1.807, 2.05) is 12.1 Å². The van der Waals surface area contributed by atoms with Crippen molar-refractivity contribution in [2.24, 2.45) is 0 Å². The summed E-state index contributed by atoms with van der Waals surface area (Å²) >= 11 is 0. The van der Waals surface area contributed by atoms with Gasteiger partial charge in [-0.25, -0.2) is 0 Å². The van der Waals surface area contributed by atoms with E-state index in [0.717, 1.165) is 0 Å². The van der Waals surface area contributed by atoms with Crippen LogP contribution in [0.25, 0.3) is 0 Å². The first kappa shape index (κ1) is 19.4. The van der Waals surface area contributed by atoms with E-state index < -0.39 is 8.32 Å². The third-order valence-electron chi connectivity index (χ3n) is 5.83. The highest BCUT2D eigenvalue weighted by Crippen LogP contribution is 2.38. The Bertz CT molecular complexity index is 760. The molecule has 0 N–H and O–H groups in total. The smallest absolute Gasteiger partial charge is 0.308 e. The highest BCUT2D eigenvalue weighted by molar-refractivity contribution is 6.99. The minimum atomic E-state index is -2.55. The molecule has 2 heterocycles. The first-order valence-electron chi connectivity index (χ1n) is 10.00. The Labute approximate surface area is 167 Å². The fourth-order valence-corrected chi connectivity index (χ4v) is 9.16. The summed E-state index contributed by atoms with van der Waals surface area (Å²) in [6.07, 6.45) is 0.819. The van der Waals surface area contributed by atoms with Gasteiger partial charge in [-0.3, -0.25) is 4.79 Å². The van der Waals surface area contributed by atoms with Crippen LogP contribution in [0.2, 0.25) is 5.04 Å². The molecule has 2 aliphatic heterocycles. The van der Waals surface area contributed by atoms with Gasteiger partial charge in [0.05, 0.1) is 19.1 Å². The highest BCUT2D eigenvalue weighted by Gasteiger charge is 2.51. The van der Waals surface area contributed by atoms with E-state index in [1.165, 1.54) is 10.4 Å². The second-order valence-corrected chi connectivity index (χ2v) is 13.0. The largest absolute Gasteiger partial charge is 0.459 e. The molecule has 28 heavy (non-hydrogen) atoms. The van der Waals surface area contributed by atoms with Gasteiger partial charge in [0.25, 0.3) is 8.32 Å². The maximum atomic E-state index is 11.5. The van der Waals surface area contributed by atoms with Gasteiger partial charge in [-0.15, -0.1) is 0 Å². The number of hydrogen-bond acceptors (Lipinski definition) is 4. The number of rotatable bonds is 5. The van der Waals surface area contributed by atoms with Crippen LogP contribution in [0.15, 0.2) is 60.7 Å². The van der Waals surface area contributed by atoms with E-state index in [2.05, 4.69) is 69.3 Å². The van der Waals surface area contributed by atoms with Gasteiger partial charge in [-0.2, -0.15) is 0 Å². The Hall–Kier alpha value is -1.95. The zero-order valence-electron chi connectivity index (χ0n) is 16.8. The molecule has 5 heteroatoms. The maximum absolute atomic E-state index is 11.5. The van der Waals surface area contributed by atoms with Crippen LogP contribution in [-0.4, -0.2) is 39.2 Å². The van der Waals surface area contributed by atoms with E-state index in [1.54, 1.807) is 0 Å². The normalized spacial score (nSPS) is 24.8. The summed E-state index contributed by atoms with van der Waals surface area (Å²) in [4.78, 5) is 11.5. The van der Waals surface area contributed by atoms with Crippen molar-refractivity contribution in [3.05, 3.63) is 60.7 Å². The molecular formula is C23H28O4Si. The lowest BCUT2D eigenvalue weighted by molar-refractivity contribution is -0.141. The fourth-order valence-electron chi connectivity index (χ4n) is 4.57. The molecule has 0 spiro atoms. The lowest BCUT2D eigenvalue weighted by Gasteiger charge is -2.43. The number of carbonyl (C=O) groups is 1. The second kappa shape index (κ2) is 7.47. The van der Waals surface area contributed by atoms with Crippen molar-refractivity contribution < 1.29 is 18.7 Å². The average Bonchev–Trinajstić information content (AvgIpc) is 3.20. The standard InChI is InChI=1S/C23H28O4Si/c1-23(2,3)28(18-10-6-4-7-11-18,19-12-8-5-9-13-19)25-16-17-14-20-21(26-17)15-22(24)27-20/h4-13,17,20-21H,14-16H2,1-3H3/t17-,20-,21-/m0/s1. The summed E-state index contributed by atoms with van der Waals surface area (Å²) in [5, 5.41) is 2.47. The lowest BCUT2D eigenvalue weighted by atomic mass is 10.1. The van der Waals surface area contributed by atoms with E-state index >= 15 is 0 Å². The number of hydrogen-bond donors (Lipinski definition) is 0. The number of carbonyl (C=O) groups excluding carboxylic acids is 1. The molecule has 2 fully saturated rings. The number of benzene rings is 2. The molecule has 0 amide bonds. The van der Waals surface area contributed by atoms with E-state index in [-0.39, 0.29) is 29.3 Å². The van der Waals surface area contributed by atoms with Crippen molar-refractivity contribution in [3.8, 4) is 0 Å². The monoisotopic (exact) mass is 396 g/mol. The van der Waals surface area contributed by atoms with Crippen LogP contribution in [0.5, 0.6) is 0 Å². The van der Waals surface area contributed by atoms with E-state index in [9.17, 15) is 4.79 Å². The van der Waals surface area contributed by atoms with Crippen LogP contribution in [0, 0.1) is 0 Å². The Morgan fingerprint density at radius 3 is 2.04 bits per heavy atom. The van der Waals surface area contributed by atoms with Gasteiger partial charge in [0, 0.05) is 6.42 Å². The molecule has 4 nitrogen and oxygen atoms in total. The Kier molecular flexibility index (Phi) is 5.16. The Morgan fingerprint density at radius 1 is 0.964 bits per heavy atom. The Balaban J connectivity index is 1.65. The molecule has 0 radical (unpaired) electrons. The maximum Gasteiger partial charge on any atom is 0.308 e. The number of esters is 1. The lowest BCUT2D eigenvalue weighted by Crippen LogP contribution is -2.67. The molecule has 4 rings (SSSR count). The van der Waals surface area contributed by atoms with Crippen molar-refractivity contribution in [2.75, 3.05) is 6.61 Å². The minimum Gasteiger partial charge on any atom is -0.459 e. The molecule has 2 aromatic carbocycles. The predicted molar refractivity (Wildman–Crippen MR) is 111 cm³/mol. The van der Waals surface area contributed by atoms with Gasteiger partial charge < -0.3 is 13.9 Å². The molecule has 2 saturated heterocycles. The van der Waals surface area contributed by atoms with Gasteiger partial charge in [0.2, 0.25) is 0 Å². The fraction of sp³-hybridized carbons (Fsp3) is 0.435. The van der Waals surface area contributed by atoms with Gasteiger partial charge in [-0.1, -0.05) is 81.4 Å². The van der Waals surface area contributed by atoms with Crippen molar-refractivity contribution in [1.29, 1.82) is 0 Å². The third kappa shape index (κ3) is 3.43. The van der Waals surface area contributed by atoms with Gasteiger partial charge in [-0.05, 0) is 15.4 Å². The molecule has 2 aromatic rings. The topological polar surface area (TPSA) is 44.8 Å². The summed E-state index contributed by atoms with van der Waals surface area (Å²) in [6.45, 7) is 7.32. The van der Waals surface area contributed by atoms with Crippen molar-refractivity contribution in [3.63, 3.8) is 0 Å². The van der Waals surface area contributed by atoms with Crippen LogP contribution in [0.4, 0.5) is 0 Å². The van der Waals surface area contributed by atoms with Crippen LogP contribution in [0.3, 0.4) is 0 Å². The van der Waals surface area contributed by atoms with Crippen LogP contribution in [0.1, 0.15) is 33.6 Å². The van der Waals surface area contributed by atoms with Gasteiger partial charge in [0.1, 0.15) is 12.2 Å². The summed E-state index contributed by atoms with van der Waals surface area (Å²) in [6, 6.07) is 21.2. The molecule has 0 unspecified atom stereocenters. The second-order valence-electron chi connectivity index (χ2n) is 8.74. The molecule has 3 atom stereocenters.